The normalized spacial score (nSPS) is 38.6. The second kappa shape index (κ2) is 5.55. The minimum absolute atomic E-state index is 0.171. The largest absolute Gasteiger partial charge is 0.368 e. The van der Waals surface area contributed by atoms with E-state index in [9.17, 15) is 0 Å². The predicted molar refractivity (Wildman–Crippen MR) is 81.4 cm³/mol. The van der Waals surface area contributed by atoms with Crippen molar-refractivity contribution in [3.63, 3.8) is 0 Å². The summed E-state index contributed by atoms with van der Waals surface area (Å²) in [5.41, 5.74) is 0. The molecule has 20 heavy (non-hydrogen) atoms. The third kappa shape index (κ3) is 2.43. The molecule has 0 aromatic carbocycles. The Labute approximate surface area is 123 Å². The maximum absolute atomic E-state index is 5.82. The molecule has 3 rings (SSSR count). The summed E-state index contributed by atoms with van der Waals surface area (Å²) < 4.78 is 0. The monoisotopic (exact) mass is 279 g/mol. The molecule has 2 saturated heterocycles. The van der Waals surface area contributed by atoms with Crippen LogP contribution in [0.1, 0.15) is 52.4 Å². The van der Waals surface area contributed by atoms with Gasteiger partial charge in [-0.05, 0) is 32.7 Å². The van der Waals surface area contributed by atoms with Crippen molar-refractivity contribution in [2.75, 3.05) is 14.1 Å². The molecule has 4 nitrogen and oxygen atoms in total. The quantitative estimate of drug-likeness (QED) is 0.778. The van der Waals surface area contributed by atoms with Crippen LogP contribution in [-0.4, -0.2) is 48.0 Å². The van der Waals surface area contributed by atoms with Gasteiger partial charge in [-0.1, -0.05) is 31.8 Å². The highest BCUT2D eigenvalue weighted by atomic mass is 16.7. The molecule has 0 aliphatic carbocycles. The van der Waals surface area contributed by atoms with Crippen LogP contribution in [0.15, 0.2) is 5.16 Å². The van der Waals surface area contributed by atoms with Crippen molar-refractivity contribution in [2.24, 2.45) is 17.0 Å². The van der Waals surface area contributed by atoms with Crippen LogP contribution in [0.3, 0.4) is 0 Å². The molecule has 4 heteroatoms. The zero-order valence-electron chi connectivity index (χ0n) is 13.4. The van der Waals surface area contributed by atoms with Crippen molar-refractivity contribution in [2.45, 2.75) is 70.7 Å². The zero-order chi connectivity index (χ0) is 14.3. The lowest BCUT2D eigenvalue weighted by Gasteiger charge is -2.44. The molecule has 0 radical (unpaired) electrons. The van der Waals surface area contributed by atoms with Crippen LogP contribution in [0.4, 0.5) is 0 Å². The maximum Gasteiger partial charge on any atom is 0.203 e. The van der Waals surface area contributed by atoms with E-state index in [1.807, 2.05) is 0 Å². The van der Waals surface area contributed by atoms with E-state index < -0.39 is 0 Å². The molecule has 3 atom stereocenters. The van der Waals surface area contributed by atoms with Crippen LogP contribution in [0.5, 0.6) is 0 Å². The molecule has 0 saturated carbocycles. The van der Waals surface area contributed by atoms with Gasteiger partial charge in [0.25, 0.3) is 0 Å². The van der Waals surface area contributed by atoms with E-state index in [4.69, 9.17) is 4.84 Å². The number of fused-ring (bicyclic) bond motifs is 2. The van der Waals surface area contributed by atoms with Gasteiger partial charge in [0.05, 0.1) is 0 Å². The Kier molecular flexibility index (Phi) is 3.93. The number of hydrogen-bond acceptors (Lipinski definition) is 4. The predicted octanol–water partition coefficient (Wildman–Crippen LogP) is 2.90. The Morgan fingerprint density at radius 2 is 1.70 bits per heavy atom. The Hall–Kier alpha value is -0.770. The molecule has 0 aromatic rings. The summed E-state index contributed by atoms with van der Waals surface area (Å²) in [4.78, 5) is 10.7. The summed E-state index contributed by atoms with van der Waals surface area (Å²) in [6.45, 7) is 4.38. The molecule has 0 spiro atoms. The first-order chi connectivity index (χ1) is 9.58. The van der Waals surface area contributed by atoms with Gasteiger partial charge in [0, 0.05) is 31.0 Å². The average Bonchev–Trinajstić information content (AvgIpc) is 2.76. The highest BCUT2D eigenvalue weighted by Crippen LogP contribution is 2.38. The fourth-order valence-electron chi connectivity index (χ4n) is 4.35. The molecule has 2 bridgehead atoms. The first kappa shape index (κ1) is 14.2. The third-order valence-corrected chi connectivity index (χ3v) is 5.54. The number of hydrogen-bond donors (Lipinski definition) is 0. The topological polar surface area (TPSA) is 28.1 Å². The highest BCUT2D eigenvalue weighted by Gasteiger charge is 2.42. The molecule has 3 unspecified atom stereocenters. The van der Waals surface area contributed by atoms with Gasteiger partial charge < -0.3 is 14.6 Å². The van der Waals surface area contributed by atoms with Gasteiger partial charge in [0.2, 0.25) is 6.23 Å². The van der Waals surface area contributed by atoms with Crippen molar-refractivity contribution in [1.82, 2.24) is 9.80 Å². The maximum atomic E-state index is 5.82. The fraction of sp³-hybridized carbons (Fsp3) is 0.938. The molecule has 0 amide bonds. The van der Waals surface area contributed by atoms with Crippen molar-refractivity contribution < 1.29 is 4.84 Å². The van der Waals surface area contributed by atoms with E-state index in [2.05, 4.69) is 42.9 Å². The molecule has 3 aliphatic rings. The van der Waals surface area contributed by atoms with Crippen LogP contribution in [0.2, 0.25) is 0 Å². The molecule has 0 N–H and O–H groups in total. The molecule has 0 aromatic heterocycles. The molecular formula is C16H29N3O. The smallest absolute Gasteiger partial charge is 0.203 e. The van der Waals surface area contributed by atoms with Gasteiger partial charge in [-0.2, -0.15) is 0 Å². The molecular weight excluding hydrogens is 250 g/mol. The van der Waals surface area contributed by atoms with Gasteiger partial charge in [-0.3, -0.25) is 0 Å². The van der Waals surface area contributed by atoms with E-state index in [-0.39, 0.29) is 6.23 Å². The molecule has 2 fully saturated rings. The second-order valence-electron chi connectivity index (χ2n) is 7.20. The van der Waals surface area contributed by atoms with E-state index in [0.717, 1.165) is 17.9 Å². The minimum Gasteiger partial charge on any atom is -0.368 e. The van der Waals surface area contributed by atoms with Gasteiger partial charge >= 0.3 is 0 Å². The van der Waals surface area contributed by atoms with Crippen LogP contribution in [0, 0.1) is 11.8 Å². The summed E-state index contributed by atoms with van der Waals surface area (Å²) in [5, 5.41) is 4.34. The lowest BCUT2D eigenvalue weighted by atomic mass is 9.84. The molecule has 3 heterocycles. The van der Waals surface area contributed by atoms with Crippen LogP contribution < -0.4 is 0 Å². The second-order valence-corrected chi connectivity index (χ2v) is 7.20. The SMILES string of the molecule is CC(C)C1=NOC(C2CC3CCCCC(C2)N3C)N1C. The highest BCUT2D eigenvalue weighted by molar-refractivity contribution is 5.84. The number of oxime groups is 1. The van der Waals surface area contributed by atoms with Crippen molar-refractivity contribution in [3.05, 3.63) is 0 Å². The third-order valence-electron chi connectivity index (χ3n) is 5.54. The van der Waals surface area contributed by atoms with Crippen molar-refractivity contribution in [3.8, 4) is 0 Å². The Balaban J connectivity index is 1.70. The van der Waals surface area contributed by atoms with E-state index in [1.165, 1.54) is 38.5 Å². The summed E-state index contributed by atoms with van der Waals surface area (Å²) in [6.07, 6.45) is 8.21. The first-order valence-electron chi connectivity index (χ1n) is 8.26. The Morgan fingerprint density at radius 3 is 2.20 bits per heavy atom. The van der Waals surface area contributed by atoms with Gasteiger partial charge in [-0.15, -0.1) is 0 Å². The van der Waals surface area contributed by atoms with Crippen molar-refractivity contribution in [1.29, 1.82) is 0 Å². The van der Waals surface area contributed by atoms with Crippen molar-refractivity contribution >= 4 is 5.84 Å². The Bertz CT molecular complexity index is 366. The average molecular weight is 279 g/mol. The van der Waals surface area contributed by atoms with Crippen LogP contribution in [0.25, 0.3) is 0 Å². The number of nitrogens with zero attached hydrogens (tertiary/aromatic N) is 3. The Morgan fingerprint density at radius 1 is 1.10 bits per heavy atom. The van der Waals surface area contributed by atoms with E-state index in [0.29, 0.717) is 11.8 Å². The minimum atomic E-state index is 0.171. The van der Waals surface area contributed by atoms with Crippen LogP contribution >= 0.6 is 0 Å². The molecule has 3 aliphatic heterocycles. The lowest BCUT2D eigenvalue weighted by molar-refractivity contribution is -0.0623. The van der Waals surface area contributed by atoms with Crippen LogP contribution in [-0.2, 0) is 4.84 Å². The number of amidine groups is 1. The fourth-order valence-corrected chi connectivity index (χ4v) is 4.35. The summed E-state index contributed by atoms with van der Waals surface area (Å²) in [7, 11) is 4.48. The summed E-state index contributed by atoms with van der Waals surface area (Å²) in [6, 6.07) is 1.50. The number of piperidine rings is 1. The lowest BCUT2D eigenvalue weighted by Crippen LogP contribution is -2.51. The van der Waals surface area contributed by atoms with E-state index in [1.54, 1.807) is 0 Å². The summed E-state index contributed by atoms with van der Waals surface area (Å²) >= 11 is 0. The van der Waals surface area contributed by atoms with E-state index >= 15 is 0 Å². The first-order valence-corrected chi connectivity index (χ1v) is 8.26. The molecule has 114 valence electrons. The van der Waals surface area contributed by atoms with Gasteiger partial charge in [-0.25, -0.2) is 0 Å². The van der Waals surface area contributed by atoms with Gasteiger partial charge in [0.15, 0.2) is 0 Å². The zero-order valence-corrected chi connectivity index (χ0v) is 13.4. The standard InChI is InChI=1S/C16H29N3O/c1-11(2)15-17-20-16(19(15)4)12-9-13-7-5-6-8-14(10-12)18(13)3/h11-14,16H,5-10H2,1-4H3. The van der Waals surface area contributed by atoms with Gasteiger partial charge in [0.1, 0.15) is 5.84 Å². The summed E-state index contributed by atoms with van der Waals surface area (Å²) in [5.74, 6) is 2.18. The number of rotatable bonds is 2.